The van der Waals surface area contributed by atoms with Crippen molar-refractivity contribution in [2.75, 3.05) is 0 Å². The number of para-hydroxylation sites is 1. The molecule has 0 fully saturated rings. The van der Waals surface area contributed by atoms with Crippen LogP contribution < -0.4 is 0 Å². The van der Waals surface area contributed by atoms with Crippen molar-refractivity contribution in [3.05, 3.63) is 145 Å². The summed E-state index contributed by atoms with van der Waals surface area (Å²) < 4.78 is 6.08. The molecule has 1 heteroatoms. The third-order valence-electron chi connectivity index (χ3n) is 9.57. The van der Waals surface area contributed by atoms with Crippen molar-refractivity contribution in [1.29, 1.82) is 0 Å². The lowest BCUT2D eigenvalue weighted by Gasteiger charge is -2.23. The molecule has 9 rings (SSSR count). The number of hydrogen-bond acceptors (Lipinski definition) is 1. The molecule has 0 unspecified atom stereocenters. The lowest BCUT2D eigenvalue weighted by molar-refractivity contribution is 0.591. The Hall–Kier alpha value is -5.40. The third-order valence-corrected chi connectivity index (χ3v) is 9.57. The molecule has 0 aliphatic heterocycles. The summed E-state index contributed by atoms with van der Waals surface area (Å²) in [6.07, 6.45) is 0. The molecule has 0 amide bonds. The summed E-state index contributed by atoms with van der Waals surface area (Å²) >= 11 is 0. The van der Waals surface area contributed by atoms with Crippen LogP contribution in [0.25, 0.3) is 87.6 Å². The van der Waals surface area contributed by atoms with Crippen LogP contribution in [0, 0.1) is 0 Å². The van der Waals surface area contributed by atoms with E-state index in [1.807, 2.05) is 12.1 Å². The second kappa shape index (κ2) is 9.55. The Morgan fingerprint density at radius 2 is 0.978 bits per heavy atom. The highest BCUT2D eigenvalue weighted by Gasteiger charge is 2.20. The van der Waals surface area contributed by atoms with Gasteiger partial charge in [0, 0.05) is 10.8 Å². The Balaban J connectivity index is 1.25. The number of furan rings is 1. The van der Waals surface area contributed by atoms with Gasteiger partial charge < -0.3 is 4.42 Å². The zero-order valence-electron chi connectivity index (χ0n) is 25.7. The van der Waals surface area contributed by atoms with Gasteiger partial charge in [-0.15, -0.1) is 0 Å². The SMILES string of the molecule is CC(C)(C)c1cc2ccc3c(-c4ccccc4)cc(-c4ccc(-c5ccc6oc7ccccc7c6c5)cc4)c4ccc(c1)c2c34. The minimum Gasteiger partial charge on any atom is -0.456 e. The smallest absolute Gasteiger partial charge is 0.135 e. The van der Waals surface area contributed by atoms with Gasteiger partial charge in [0.05, 0.1) is 0 Å². The fourth-order valence-corrected chi connectivity index (χ4v) is 7.19. The van der Waals surface area contributed by atoms with Crippen LogP contribution in [-0.2, 0) is 5.41 Å². The van der Waals surface area contributed by atoms with Crippen LogP contribution in [0.1, 0.15) is 26.3 Å². The van der Waals surface area contributed by atoms with Crippen molar-refractivity contribution >= 4 is 54.3 Å². The van der Waals surface area contributed by atoms with Gasteiger partial charge in [-0.1, -0.05) is 136 Å². The van der Waals surface area contributed by atoms with E-state index in [0.29, 0.717) is 0 Å². The van der Waals surface area contributed by atoms with E-state index in [1.165, 1.54) is 71.3 Å². The van der Waals surface area contributed by atoms with E-state index in [0.717, 1.165) is 21.9 Å². The van der Waals surface area contributed by atoms with Crippen LogP contribution >= 0.6 is 0 Å². The number of rotatable bonds is 3. The Bertz CT molecular complexity index is 2520. The maximum Gasteiger partial charge on any atom is 0.135 e. The number of hydrogen-bond donors (Lipinski definition) is 0. The molecule has 0 saturated carbocycles. The summed E-state index contributed by atoms with van der Waals surface area (Å²) in [6, 6.07) is 51.2. The van der Waals surface area contributed by atoms with Gasteiger partial charge in [0.1, 0.15) is 11.2 Å². The van der Waals surface area contributed by atoms with Gasteiger partial charge >= 0.3 is 0 Å². The van der Waals surface area contributed by atoms with Crippen LogP contribution in [-0.4, -0.2) is 0 Å². The van der Waals surface area contributed by atoms with Crippen LogP contribution in [0.4, 0.5) is 0 Å². The first-order chi connectivity index (χ1) is 21.9. The van der Waals surface area contributed by atoms with Crippen LogP contribution in [0.15, 0.2) is 144 Å². The topological polar surface area (TPSA) is 13.1 Å². The molecule has 9 aromatic rings. The van der Waals surface area contributed by atoms with Crippen LogP contribution in [0.2, 0.25) is 0 Å². The minimum atomic E-state index is 0.0851. The first kappa shape index (κ1) is 26.0. The standard InChI is InChI=1S/C44H32O/c1-44(2,3)33-23-31-17-20-35-37(28-9-5-4-6-10-28)26-38(36-21-18-32(24-33)42(31)43(35)36)29-15-13-27(14-16-29)30-19-22-41-39(25-30)34-11-7-8-12-40(34)45-41/h4-26H,1-3H3. The number of fused-ring (bicyclic) bond motifs is 3. The van der Waals surface area contributed by atoms with E-state index in [2.05, 4.69) is 148 Å². The molecule has 0 atom stereocenters. The summed E-state index contributed by atoms with van der Waals surface area (Å²) in [5.74, 6) is 0. The Morgan fingerprint density at radius 3 is 1.67 bits per heavy atom. The molecule has 0 saturated heterocycles. The highest BCUT2D eigenvalue weighted by atomic mass is 16.3. The monoisotopic (exact) mass is 576 g/mol. The molecule has 0 bridgehead atoms. The van der Waals surface area contributed by atoms with Gasteiger partial charge in [-0.3, -0.25) is 0 Å². The second-order valence-electron chi connectivity index (χ2n) is 13.4. The Morgan fingerprint density at radius 1 is 0.400 bits per heavy atom. The first-order valence-electron chi connectivity index (χ1n) is 15.8. The van der Waals surface area contributed by atoms with E-state index in [4.69, 9.17) is 4.42 Å². The quantitative estimate of drug-likeness (QED) is 0.191. The highest BCUT2D eigenvalue weighted by molar-refractivity contribution is 6.28. The zero-order chi connectivity index (χ0) is 30.3. The van der Waals surface area contributed by atoms with Gasteiger partial charge in [-0.05, 0) is 101 Å². The average Bonchev–Trinajstić information content (AvgIpc) is 3.45. The van der Waals surface area contributed by atoms with Crippen molar-refractivity contribution in [3.63, 3.8) is 0 Å². The van der Waals surface area contributed by atoms with Crippen molar-refractivity contribution in [1.82, 2.24) is 0 Å². The summed E-state index contributed by atoms with van der Waals surface area (Å²) in [5, 5.41) is 10.2. The second-order valence-corrected chi connectivity index (χ2v) is 13.4. The molecule has 0 aliphatic rings. The number of benzene rings is 8. The Kier molecular flexibility index (Phi) is 5.53. The van der Waals surface area contributed by atoms with Gasteiger partial charge in [0.15, 0.2) is 0 Å². The molecular weight excluding hydrogens is 544 g/mol. The maximum atomic E-state index is 6.08. The fourth-order valence-electron chi connectivity index (χ4n) is 7.19. The molecular formula is C44H32O. The molecule has 0 N–H and O–H groups in total. The lowest BCUT2D eigenvalue weighted by Crippen LogP contribution is -2.10. The molecule has 0 aliphatic carbocycles. The normalized spacial score (nSPS) is 12.3. The maximum absolute atomic E-state index is 6.08. The lowest BCUT2D eigenvalue weighted by atomic mass is 9.81. The highest BCUT2D eigenvalue weighted by Crippen LogP contribution is 2.45. The van der Waals surface area contributed by atoms with Crippen molar-refractivity contribution < 1.29 is 4.42 Å². The first-order valence-corrected chi connectivity index (χ1v) is 15.8. The third kappa shape index (κ3) is 4.08. The summed E-state index contributed by atoms with van der Waals surface area (Å²) in [5.41, 5.74) is 10.7. The van der Waals surface area contributed by atoms with Gasteiger partial charge in [-0.2, -0.15) is 0 Å². The zero-order valence-corrected chi connectivity index (χ0v) is 25.7. The summed E-state index contributed by atoms with van der Waals surface area (Å²) in [4.78, 5) is 0. The predicted molar refractivity (Wildman–Crippen MR) is 192 cm³/mol. The predicted octanol–water partition coefficient (Wildman–Crippen LogP) is 12.8. The molecule has 1 nitrogen and oxygen atoms in total. The largest absolute Gasteiger partial charge is 0.456 e. The van der Waals surface area contributed by atoms with E-state index in [9.17, 15) is 0 Å². The van der Waals surface area contributed by atoms with Gasteiger partial charge in [-0.25, -0.2) is 0 Å². The molecule has 45 heavy (non-hydrogen) atoms. The molecule has 0 spiro atoms. The molecule has 8 aromatic carbocycles. The molecule has 1 heterocycles. The van der Waals surface area contributed by atoms with E-state index >= 15 is 0 Å². The van der Waals surface area contributed by atoms with E-state index in [-0.39, 0.29) is 5.41 Å². The average molecular weight is 577 g/mol. The molecule has 214 valence electrons. The molecule has 1 aromatic heterocycles. The van der Waals surface area contributed by atoms with E-state index in [1.54, 1.807) is 0 Å². The fraction of sp³-hybridized carbons (Fsp3) is 0.0909. The Labute approximate surface area is 262 Å². The van der Waals surface area contributed by atoms with Gasteiger partial charge in [0.2, 0.25) is 0 Å². The summed E-state index contributed by atoms with van der Waals surface area (Å²) in [7, 11) is 0. The van der Waals surface area contributed by atoms with Crippen LogP contribution in [0.5, 0.6) is 0 Å². The van der Waals surface area contributed by atoms with Crippen molar-refractivity contribution in [2.24, 2.45) is 0 Å². The van der Waals surface area contributed by atoms with Crippen LogP contribution in [0.3, 0.4) is 0 Å². The van der Waals surface area contributed by atoms with Crippen molar-refractivity contribution in [3.8, 4) is 33.4 Å². The minimum absolute atomic E-state index is 0.0851. The molecule has 0 radical (unpaired) electrons. The van der Waals surface area contributed by atoms with Gasteiger partial charge in [0.25, 0.3) is 0 Å². The summed E-state index contributed by atoms with van der Waals surface area (Å²) in [6.45, 7) is 6.89. The van der Waals surface area contributed by atoms with E-state index < -0.39 is 0 Å². The van der Waals surface area contributed by atoms with Crippen molar-refractivity contribution in [2.45, 2.75) is 26.2 Å².